The van der Waals surface area contributed by atoms with Gasteiger partial charge >= 0.3 is 12.2 Å². The van der Waals surface area contributed by atoms with E-state index in [2.05, 4.69) is 33.8 Å². The molecule has 0 saturated heterocycles. The summed E-state index contributed by atoms with van der Waals surface area (Å²) in [4.78, 5) is 28.0. The lowest BCUT2D eigenvalue weighted by Gasteiger charge is -2.18. The predicted octanol–water partition coefficient (Wildman–Crippen LogP) is 3.18. The van der Waals surface area contributed by atoms with Crippen LogP contribution in [-0.4, -0.2) is 37.3 Å². The van der Waals surface area contributed by atoms with Crippen LogP contribution in [0.2, 0.25) is 0 Å². The Labute approximate surface area is 125 Å². The van der Waals surface area contributed by atoms with E-state index in [9.17, 15) is 9.59 Å². The molecule has 2 amide bonds. The van der Waals surface area contributed by atoms with Gasteiger partial charge in [0.05, 0.1) is 7.11 Å². The molecule has 1 N–H and O–H groups in total. The van der Waals surface area contributed by atoms with E-state index in [4.69, 9.17) is 0 Å². The highest BCUT2D eigenvalue weighted by Gasteiger charge is 2.13. The molecule has 2 aliphatic carbocycles. The number of benzene rings is 1. The zero-order valence-corrected chi connectivity index (χ0v) is 12.7. The standard InChI is InChI=1S/C9H18N2O4.C6H4/c1-4-6-7-11(5-2)9(13)15-10-8(12)14-3;1-2-5-4-6(5)3-1/h4-7H2,1-3H3,(H,10,12);1-4H. The molecule has 0 aromatic carbocycles. The number of carbonyl (C=O) groups is 2. The maximum Gasteiger partial charge on any atom is 0.440 e. The fraction of sp³-hybridized carbons (Fsp3) is 0.467. The van der Waals surface area contributed by atoms with E-state index in [1.165, 1.54) is 23.1 Å². The van der Waals surface area contributed by atoms with Gasteiger partial charge in [-0.2, -0.15) is 0 Å². The zero-order chi connectivity index (χ0) is 15.7. The summed E-state index contributed by atoms with van der Waals surface area (Å²) < 4.78 is 4.25. The van der Waals surface area contributed by atoms with Gasteiger partial charge < -0.3 is 14.5 Å². The number of nitrogens with one attached hydrogen (secondary N) is 1. The van der Waals surface area contributed by atoms with Gasteiger partial charge in [-0.3, -0.25) is 0 Å². The molecule has 0 radical (unpaired) electrons. The average Bonchev–Trinajstić information content (AvgIpc) is 3.11. The monoisotopic (exact) mass is 294 g/mol. The molecule has 21 heavy (non-hydrogen) atoms. The Balaban J connectivity index is 0.000000294. The molecule has 0 aromatic rings. The summed E-state index contributed by atoms with van der Waals surface area (Å²) in [5, 5.41) is 0. The van der Waals surface area contributed by atoms with Gasteiger partial charge in [0.1, 0.15) is 0 Å². The smallest absolute Gasteiger partial charge is 0.440 e. The Kier molecular flexibility index (Phi) is 7.08. The summed E-state index contributed by atoms with van der Waals surface area (Å²) in [5.41, 5.74) is 4.72. The number of carbonyl (C=O) groups excluding carboxylic acids is 2. The lowest BCUT2D eigenvalue weighted by molar-refractivity contribution is 0.0489. The van der Waals surface area contributed by atoms with Gasteiger partial charge in [0.15, 0.2) is 0 Å². The van der Waals surface area contributed by atoms with E-state index in [-0.39, 0.29) is 0 Å². The Hall–Kier alpha value is -2.24. The number of hydroxylamine groups is 1. The maximum atomic E-state index is 11.3. The van der Waals surface area contributed by atoms with Crippen LogP contribution >= 0.6 is 0 Å². The van der Waals surface area contributed by atoms with Crippen molar-refractivity contribution < 1.29 is 19.2 Å². The second-order valence-electron chi connectivity index (χ2n) is 4.48. The highest BCUT2D eigenvalue weighted by atomic mass is 16.7. The normalized spacial score (nSPS) is 9.86. The van der Waals surface area contributed by atoms with Gasteiger partial charge in [-0.15, -0.1) is 5.48 Å². The molecule has 0 aromatic heterocycles. The lowest BCUT2D eigenvalue weighted by atomic mass is 10.3. The molecule has 2 aliphatic rings. The average molecular weight is 294 g/mol. The maximum absolute atomic E-state index is 11.3. The fourth-order valence-electron chi connectivity index (χ4n) is 1.59. The SMILES string of the molecule is CCCCN(CC)C(=O)ONC(=O)OC.c1cc2cc-2c1. The minimum atomic E-state index is -0.796. The van der Waals surface area contributed by atoms with Crippen LogP contribution in [0.3, 0.4) is 0 Å². The molecule has 0 bridgehead atoms. The number of nitrogens with zero attached hydrogens (tertiary/aromatic N) is 1. The molecule has 2 rings (SSSR count). The van der Waals surface area contributed by atoms with E-state index in [0.29, 0.717) is 13.1 Å². The van der Waals surface area contributed by atoms with Gasteiger partial charge in [-0.25, -0.2) is 9.59 Å². The first-order valence-electron chi connectivity index (χ1n) is 7.02. The van der Waals surface area contributed by atoms with E-state index < -0.39 is 12.2 Å². The van der Waals surface area contributed by atoms with Crippen LogP contribution in [-0.2, 0) is 9.57 Å². The van der Waals surface area contributed by atoms with Gasteiger partial charge in [0.25, 0.3) is 0 Å². The minimum Gasteiger partial charge on any atom is -0.451 e. The number of hydrogen-bond donors (Lipinski definition) is 1. The van der Waals surface area contributed by atoms with E-state index >= 15 is 0 Å². The van der Waals surface area contributed by atoms with Gasteiger partial charge in [-0.05, 0) is 30.5 Å². The molecule has 0 unspecified atom stereocenters. The molecule has 6 nitrogen and oxygen atoms in total. The summed E-state index contributed by atoms with van der Waals surface area (Å²) in [6.07, 6.45) is 0.529. The van der Waals surface area contributed by atoms with Crippen LogP contribution < -0.4 is 5.48 Å². The van der Waals surface area contributed by atoms with Gasteiger partial charge in [-0.1, -0.05) is 31.5 Å². The highest BCUT2D eigenvalue weighted by Crippen LogP contribution is 2.32. The molecule has 0 spiro atoms. The van der Waals surface area contributed by atoms with E-state index in [1.807, 2.05) is 19.3 Å². The third-order valence-electron chi connectivity index (χ3n) is 2.94. The van der Waals surface area contributed by atoms with Gasteiger partial charge in [0.2, 0.25) is 0 Å². The Bertz CT molecular complexity index is 459. The highest BCUT2D eigenvalue weighted by molar-refractivity contribution is 5.80. The molecule has 0 fully saturated rings. The number of rotatable bonds is 4. The third-order valence-corrected chi connectivity index (χ3v) is 2.94. The van der Waals surface area contributed by atoms with Crippen molar-refractivity contribution in [3.8, 4) is 11.1 Å². The quantitative estimate of drug-likeness (QED) is 0.879. The molecule has 0 aliphatic heterocycles. The molecule has 6 heteroatoms. The lowest BCUT2D eigenvalue weighted by Crippen LogP contribution is -2.37. The topological polar surface area (TPSA) is 67.9 Å². The predicted molar refractivity (Wildman–Crippen MR) is 79.6 cm³/mol. The summed E-state index contributed by atoms with van der Waals surface area (Å²) in [6.45, 7) is 5.04. The molecule has 116 valence electrons. The minimum absolute atomic E-state index is 0.543. The number of fused-ring (bicyclic) bond motifs is 1. The molecular formula is C15H22N2O4. The number of amides is 2. The largest absolute Gasteiger partial charge is 0.451 e. The summed E-state index contributed by atoms with van der Waals surface area (Å²) in [5.74, 6) is 0. The molecule has 0 heterocycles. The fourth-order valence-corrected chi connectivity index (χ4v) is 1.59. The van der Waals surface area contributed by atoms with Crippen molar-refractivity contribution in [2.24, 2.45) is 0 Å². The Morgan fingerprint density at radius 2 is 1.90 bits per heavy atom. The van der Waals surface area contributed by atoms with Crippen LogP contribution in [0.4, 0.5) is 9.59 Å². The first-order chi connectivity index (χ1) is 10.1. The molecule has 0 atom stereocenters. The van der Waals surface area contributed by atoms with Crippen molar-refractivity contribution in [2.45, 2.75) is 26.7 Å². The van der Waals surface area contributed by atoms with Crippen LogP contribution in [0.5, 0.6) is 0 Å². The second-order valence-corrected chi connectivity index (χ2v) is 4.48. The second kappa shape index (κ2) is 8.84. The zero-order valence-electron chi connectivity index (χ0n) is 12.7. The number of ether oxygens (including phenoxy) is 1. The van der Waals surface area contributed by atoms with Crippen LogP contribution in [0.15, 0.2) is 24.3 Å². The van der Waals surface area contributed by atoms with Crippen LogP contribution in [0.1, 0.15) is 26.7 Å². The van der Waals surface area contributed by atoms with Crippen molar-refractivity contribution in [3.05, 3.63) is 24.3 Å². The van der Waals surface area contributed by atoms with Crippen molar-refractivity contribution >= 4 is 12.2 Å². The summed E-state index contributed by atoms with van der Waals surface area (Å²) >= 11 is 0. The first-order valence-corrected chi connectivity index (χ1v) is 7.02. The molecular weight excluding hydrogens is 272 g/mol. The van der Waals surface area contributed by atoms with Crippen LogP contribution in [0, 0.1) is 0 Å². The first kappa shape index (κ1) is 16.8. The van der Waals surface area contributed by atoms with Gasteiger partial charge in [0, 0.05) is 13.1 Å². The number of unbranched alkanes of at least 4 members (excludes halogenated alkanes) is 1. The Morgan fingerprint density at radius 1 is 1.24 bits per heavy atom. The molecule has 0 saturated carbocycles. The number of hydrogen-bond acceptors (Lipinski definition) is 4. The summed E-state index contributed by atoms with van der Waals surface area (Å²) in [6, 6.07) is 8.48. The third kappa shape index (κ3) is 6.16. The van der Waals surface area contributed by atoms with Crippen molar-refractivity contribution in [1.82, 2.24) is 10.4 Å². The summed E-state index contributed by atoms with van der Waals surface area (Å²) in [7, 11) is 1.19. The van der Waals surface area contributed by atoms with Crippen molar-refractivity contribution in [1.29, 1.82) is 0 Å². The van der Waals surface area contributed by atoms with Crippen molar-refractivity contribution in [3.63, 3.8) is 0 Å². The van der Waals surface area contributed by atoms with E-state index in [1.54, 1.807) is 0 Å². The Morgan fingerprint density at radius 3 is 2.29 bits per heavy atom. The number of methoxy groups -OCH3 is 1. The van der Waals surface area contributed by atoms with Crippen molar-refractivity contribution in [2.75, 3.05) is 20.2 Å². The van der Waals surface area contributed by atoms with Crippen LogP contribution in [0.25, 0.3) is 11.1 Å². The van der Waals surface area contributed by atoms with E-state index in [0.717, 1.165) is 12.8 Å².